The molecule has 0 aliphatic carbocycles. The third-order valence-corrected chi connectivity index (χ3v) is 4.98. The number of carbonyl (C=O) groups is 2. The van der Waals surface area contributed by atoms with E-state index in [1.165, 1.54) is 0 Å². The third kappa shape index (κ3) is 18.9. The van der Waals surface area contributed by atoms with Crippen molar-refractivity contribution < 1.29 is 47.5 Å². The van der Waals surface area contributed by atoms with Gasteiger partial charge >= 0.3 is 11.9 Å². The number of rotatable bonds is 24. The minimum atomic E-state index is -0.667. The molecule has 0 amide bonds. The molecular weight excluding hydrogens is 508 g/mol. The molecule has 0 saturated carbocycles. The second-order valence-electron chi connectivity index (χ2n) is 8.14. The van der Waals surface area contributed by atoms with E-state index in [9.17, 15) is 9.59 Å². The Morgan fingerprint density at radius 1 is 0.410 bits per heavy atom. The van der Waals surface area contributed by atoms with Gasteiger partial charge in [-0.05, 0) is 11.1 Å². The normalized spacial score (nSPS) is 10.9. The van der Waals surface area contributed by atoms with Crippen molar-refractivity contribution in [3.8, 4) is 0 Å². The molecule has 0 aliphatic heterocycles. The Hall–Kier alpha value is -2.86. The largest absolute Gasteiger partial charge is 0.463 e. The fourth-order valence-corrected chi connectivity index (χ4v) is 3.06. The predicted molar refractivity (Wildman–Crippen MR) is 142 cm³/mol. The lowest BCUT2D eigenvalue weighted by Crippen LogP contribution is -2.19. The average Bonchev–Trinajstić information content (AvgIpc) is 2.95. The van der Waals surface area contributed by atoms with E-state index >= 15 is 0 Å². The molecule has 10 nitrogen and oxygen atoms in total. The van der Waals surface area contributed by atoms with Gasteiger partial charge in [-0.15, -0.1) is 0 Å². The van der Waals surface area contributed by atoms with Crippen molar-refractivity contribution in [1.29, 1.82) is 0 Å². The van der Waals surface area contributed by atoms with Crippen LogP contribution in [0, 0.1) is 0 Å². The van der Waals surface area contributed by atoms with E-state index in [0.717, 1.165) is 11.1 Å². The van der Waals surface area contributed by atoms with Gasteiger partial charge in [-0.3, -0.25) is 9.59 Å². The zero-order valence-corrected chi connectivity index (χ0v) is 22.5. The lowest BCUT2D eigenvalue weighted by atomic mass is 10.2. The highest BCUT2D eigenvalue weighted by Gasteiger charge is 2.11. The zero-order valence-electron chi connectivity index (χ0n) is 22.5. The van der Waals surface area contributed by atoms with Crippen LogP contribution in [0.1, 0.15) is 17.5 Å². The number of esters is 2. The van der Waals surface area contributed by atoms with Gasteiger partial charge in [0, 0.05) is 0 Å². The first-order valence-electron chi connectivity index (χ1n) is 13.1. The Kier molecular flexibility index (Phi) is 19.1. The standard InChI is InChI=1S/C29H40O10/c30-28(38-21-19-34-13-11-32-15-17-36-24-26-7-3-1-4-8-26)23-29(31)39-22-20-35-14-12-33-16-18-37-25-27-9-5-2-6-10-27/h1-10H,11-25H2. The summed E-state index contributed by atoms with van der Waals surface area (Å²) in [5.74, 6) is -1.33. The molecule has 0 spiro atoms. The molecule has 10 heteroatoms. The minimum absolute atomic E-state index is 0.0483. The maximum absolute atomic E-state index is 11.7. The van der Waals surface area contributed by atoms with Crippen molar-refractivity contribution in [2.75, 3.05) is 79.3 Å². The number of hydrogen-bond acceptors (Lipinski definition) is 10. The highest BCUT2D eigenvalue weighted by atomic mass is 16.6. The number of carbonyl (C=O) groups excluding carboxylic acids is 2. The van der Waals surface area contributed by atoms with Crippen LogP contribution < -0.4 is 0 Å². The maximum atomic E-state index is 11.7. The molecule has 2 aromatic rings. The Bertz CT molecular complexity index is 791. The first-order valence-corrected chi connectivity index (χ1v) is 13.1. The van der Waals surface area contributed by atoms with Gasteiger partial charge in [-0.25, -0.2) is 0 Å². The number of hydrogen-bond donors (Lipinski definition) is 0. The van der Waals surface area contributed by atoms with Crippen LogP contribution in [-0.4, -0.2) is 91.2 Å². The second kappa shape index (κ2) is 23.1. The number of ether oxygens (including phenoxy) is 8. The van der Waals surface area contributed by atoms with Crippen LogP contribution in [0.3, 0.4) is 0 Å². The van der Waals surface area contributed by atoms with E-state index < -0.39 is 18.4 Å². The molecule has 39 heavy (non-hydrogen) atoms. The molecule has 0 aliphatic rings. The van der Waals surface area contributed by atoms with Crippen LogP contribution in [0.2, 0.25) is 0 Å². The highest BCUT2D eigenvalue weighted by molar-refractivity contribution is 5.91. The van der Waals surface area contributed by atoms with Crippen molar-refractivity contribution in [3.05, 3.63) is 71.8 Å². The van der Waals surface area contributed by atoms with Crippen molar-refractivity contribution in [1.82, 2.24) is 0 Å². The van der Waals surface area contributed by atoms with Crippen molar-refractivity contribution in [2.24, 2.45) is 0 Å². The van der Waals surface area contributed by atoms with Crippen LogP contribution in [0.15, 0.2) is 60.7 Å². The first-order chi connectivity index (χ1) is 19.2. The van der Waals surface area contributed by atoms with Crippen LogP contribution in [0.5, 0.6) is 0 Å². The molecule has 0 N–H and O–H groups in total. The average molecular weight is 549 g/mol. The van der Waals surface area contributed by atoms with Crippen LogP contribution in [0.4, 0.5) is 0 Å². The summed E-state index contributed by atoms with van der Waals surface area (Å²) in [7, 11) is 0. The van der Waals surface area contributed by atoms with E-state index in [1.54, 1.807) is 0 Å². The smallest absolute Gasteiger partial charge is 0.317 e. The lowest BCUT2D eigenvalue weighted by molar-refractivity contribution is -0.156. The summed E-state index contributed by atoms with van der Waals surface area (Å²) in [6.07, 6.45) is -0.460. The third-order valence-electron chi connectivity index (χ3n) is 4.98. The zero-order chi connectivity index (χ0) is 27.6. The Labute approximate surface area is 230 Å². The van der Waals surface area contributed by atoms with Crippen LogP contribution in [0.25, 0.3) is 0 Å². The van der Waals surface area contributed by atoms with Crippen molar-refractivity contribution >= 4 is 11.9 Å². The predicted octanol–water partition coefficient (Wildman–Crippen LogP) is 2.96. The van der Waals surface area contributed by atoms with Gasteiger partial charge in [0.2, 0.25) is 0 Å². The van der Waals surface area contributed by atoms with Gasteiger partial charge in [-0.2, -0.15) is 0 Å². The molecule has 2 aromatic carbocycles. The van der Waals surface area contributed by atoms with E-state index in [1.807, 2.05) is 60.7 Å². The summed E-state index contributed by atoms with van der Waals surface area (Å²) in [5.41, 5.74) is 2.23. The molecule has 0 atom stereocenters. The maximum Gasteiger partial charge on any atom is 0.317 e. The Balaban J connectivity index is 1.27. The monoisotopic (exact) mass is 548 g/mol. The topological polar surface area (TPSA) is 108 Å². The molecule has 0 aromatic heterocycles. The molecule has 0 bridgehead atoms. The molecule has 0 radical (unpaired) electrons. The van der Waals surface area contributed by atoms with E-state index in [2.05, 4.69) is 0 Å². The van der Waals surface area contributed by atoms with Crippen molar-refractivity contribution in [2.45, 2.75) is 19.6 Å². The van der Waals surface area contributed by atoms with Gasteiger partial charge < -0.3 is 37.9 Å². The fourth-order valence-electron chi connectivity index (χ4n) is 3.06. The van der Waals surface area contributed by atoms with Gasteiger partial charge in [0.1, 0.15) is 19.6 Å². The molecule has 0 saturated heterocycles. The van der Waals surface area contributed by atoms with Gasteiger partial charge in [0.05, 0.1) is 79.3 Å². The quantitative estimate of drug-likeness (QED) is 0.110. The van der Waals surface area contributed by atoms with Gasteiger partial charge in [0.25, 0.3) is 0 Å². The van der Waals surface area contributed by atoms with Crippen LogP contribution in [-0.2, 0) is 60.7 Å². The summed E-state index contributed by atoms with van der Waals surface area (Å²) in [5, 5.41) is 0. The molecule has 0 heterocycles. The molecule has 216 valence electrons. The Morgan fingerprint density at radius 3 is 1.08 bits per heavy atom. The molecular formula is C29H40O10. The minimum Gasteiger partial charge on any atom is -0.463 e. The molecule has 0 unspecified atom stereocenters. The van der Waals surface area contributed by atoms with Gasteiger partial charge in [-0.1, -0.05) is 60.7 Å². The van der Waals surface area contributed by atoms with E-state index in [0.29, 0.717) is 66.1 Å². The summed E-state index contributed by atoms with van der Waals surface area (Å²) < 4.78 is 42.4. The van der Waals surface area contributed by atoms with E-state index in [-0.39, 0.29) is 26.4 Å². The van der Waals surface area contributed by atoms with Crippen LogP contribution >= 0.6 is 0 Å². The highest BCUT2D eigenvalue weighted by Crippen LogP contribution is 2.01. The Morgan fingerprint density at radius 2 is 0.718 bits per heavy atom. The molecule has 2 rings (SSSR count). The van der Waals surface area contributed by atoms with Gasteiger partial charge in [0.15, 0.2) is 0 Å². The second-order valence-corrected chi connectivity index (χ2v) is 8.14. The molecule has 0 fully saturated rings. The SMILES string of the molecule is O=C(CC(=O)OCCOCCOCCOCc1ccccc1)OCCOCCOCCOCc1ccccc1. The number of benzene rings is 2. The first kappa shape index (κ1) is 32.4. The summed E-state index contributed by atoms with van der Waals surface area (Å²) >= 11 is 0. The fraction of sp³-hybridized carbons (Fsp3) is 0.517. The summed E-state index contributed by atoms with van der Waals surface area (Å²) in [6.45, 7) is 5.10. The summed E-state index contributed by atoms with van der Waals surface area (Å²) in [6, 6.07) is 19.8. The summed E-state index contributed by atoms with van der Waals surface area (Å²) in [4.78, 5) is 23.4. The van der Waals surface area contributed by atoms with E-state index in [4.69, 9.17) is 37.9 Å². The lowest BCUT2D eigenvalue weighted by Gasteiger charge is -2.08. The van der Waals surface area contributed by atoms with Crippen molar-refractivity contribution in [3.63, 3.8) is 0 Å².